The topological polar surface area (TPSA) is 125 Å². The van der Waals surface area contributed by atoms with Crippen LogP contribution in [-0.2, 0) is 38.4 Å². The third-order valence-electron chi connectivity index (χ3n) is 1.67. The molecule has 0 spiro atoms. The summed E-state index contributed by atoms with van der Waals surface area (Å²) in [6, 6.07) is 0. The van der Waals surface area contributed by atoms with E-state index in [9.17, 15) is 19.2 Å². The molecule has 0 aliphatic carbocycles. The second kappa shape index (κ2) is 8.48. The first-order valence-electron chi connectivity index (χ1n) is 5.44. The maximum Gasteiger partial charge on any atom is 0.436 e. The lowest BCUT2D eigenvalue weighted by Gasteiger charge is -2.15. The fraction of sp³-hybridized carbons (Fsp3) is 0.333. The Balaban J connectivity index is 4.77. The minimum Gasteiger partial charge on any atom is -0.412 e. The third-order valence-corrected chi connectivity index (χ3v) is 1.67. The van der Waals surface area contributed by atoms with E-state index in [1.165, 1.54) is 13.8 Å². The zero-order valence-corrected chi connectivity index (χ0v) is 11.4. The first-order chi connectivity index (χ1) is 9.68. The van der Waals surface area contributed by atoms with Crippen LogP contribution >= 0.6 is 0 Å². The molecule has 9 heteroatoms. The van der Waals surface area contributed by atoms with Gasteiger partial charge in [0.05, 0.1) is 0 Å². The Kier molecular flexibility index (Phi) is 7.40. The molecule has 0 saturated heterocycles. The Hall–Kier alpha value is -2.68. The van der Waals surface area contributed by atoms with Crippen LogP contribution < -0.4 is 0 Å². The van der Waals surface area contributed by atoms with Crippen molar-refractivity contribution in [3.63, 3.8) is 0 Å². The normalized spacial score (nSPS) is 10.8. The highest BCUT2D eigenvalue weighted by Crippen LogP contribution is 2.05. The molecule has 0 aromatic heterocycles. The second-order valence-electron chi connectivity index (χ2n) is 3.72. The number of carbonyl (C=O) groups is 4. The Labute approximate surface area is 119 Å². The summed E-state index contributed by atoms with van der Waals surface area (Å²) in [6.45, 7) is 7.98. The lowest BCUT2D eigenvalue weighted by Crippen LogP contribution is -2.35. The summed E-state index contributed by atoms with van der Waals surface area (Å²) >= 11 is 0. The number of hydrogen-bond donors (Lipinski definition) is 1. The van der Waals surface area contributed by atoms with Gasteiger partial charge in [0.25, 0.3) is 0 Å². The summed E-state index contributed by atoms with van der Waals surface area (Å²) in [6.07, 6.45) is -2.16. The molecule has 1 atom stereocenters. The van der Waals surface area contributed by atoms with Crippen LogP contribution in [0, 0.1) is 0 Å². The van der Waals surface area contributed by atoms with Gasteiger partial charge in [-0.1, -0.05) is 13.2 Å². The summed E-state index contributed by atoms with van der Waals surface area (Å²) in [7, 11) is 0. The first-order valence-corrected chi connectivity index (χ1v) is 5.44. The summed E-state index contributed by atoms with van der Waals surface area (Å²) in [5.74, 6) is -4.88. The van der Waals surface area contributed by atoms with Gasteiger partial charge in [-0.3, -0.25) is 0 Å². The summed E-state index contributed by atoms with van der Waals surface area (Å²) in [4.78, 5) is 52.8. The van der Waals surface area contributed by atoms with E-state index < -0.39 is 36.8 Å². The molecule has 9 nitrogen and oxygen atoms in total. The van der Waals surface area contributed by atoms with Crippen molar-refractivity contribution in [3.8, 4) is 0 Å². The van der Waals surface area contributed by atoms with Gasteiger partial charge in [0.2, 0.25) is 0 Å². The average molecular weight is 302 g/mol. The minimum absolute atomic E-state index is 0.0642. The molecule has 0 aromatic carbocycles. The largest absolute Gasteiger partial charge is 0.436 e. The summed E-state index contributed by atoms with van der Waals surface area (Å²) < 4.78 is 8.77. The van der Waals surface area contributed by atoms with E-state index in [0.717, 1.165) is 0 Å². The monoisotopic (exact) mass is 302 g/mol. The molecule has 116 valence electrons. The Morgan fingerprint density at radius 1 is 0.952 bits per heavy atom. The highest BCUT2D eigenvalue weighted by molar-refractivity contribution is 5.90. The van der Waals surface area contributed by atoms with Crippen LogP contribution in [0.3, 0.4) is 0 Å². The Morgan fingerprint density at radius 2 is 1.48 bits per heavy atom. The van der Waals surface area contributed by atoms with Crippen LogP contribution in [-0.4, -0.2) is 41.9 Å². The molecule has 0 fully saturated rings. The van der Waals surface area contributed by atoms with Crippen molar-refractivity contribution in [1.29, 1.82) is 0 Å². The van der Waals surface area contributed by atoms with Gasteiger partial charge < -0.3 is 14.6 Å². The van der Waals surface area contributed by atoms with E-state index in [2.05, 4.69) is 32.4 Å². The van der Waals surface area contributed by atoms with E-state index in [-0.39, 0.29) is 11.1 Å². The number of esters is 2. The fourth-order valence-corrected chi connectivity index (χ4v) is 0.664. The average Bonchev–Trinajstić information content (AvgIpc) is 2.42. The summed E-state index contributed by atoms with van der Waals surface area (Å²) in [5.41, 5.74) is -0.155. The molecule has 21 heavy (non-hydrogen) atoms. The van der Waals surface area contributed by atoms with Crippen molar-refractivity contribution in [3.05, 3.63) is 24.3 Å². The maximum atomic E-state index is 11.5. The molecule has 0 saturated carbocycles. The van der Waals surface area contributed by atoms with Crippen LogP contribution in [0.5, 0.6) is 0 Å². The van der Waals surface area contributed by atoms with Gasteiger partial charge in [-0.25, -0.2) is 29.0 Å². The van der Waals surface area contributed by atoms with Crippen LogP contribution in [0.25, 0.3) is 0 Å². The van der Waals surface area contributed by atoms with Gasteiger partial charge in [0.1, 0.15) is 6.61 Å². The van der Waals surface area contributed by atoms with E-state index in [1.54, 1.807) is 0 Å². The van der Waals surface area contributed by atoms with Crippen molar-refractivity contribution >= 4 is 23.9 Å². The van der Waals surface area contributed by atoms with E-state index in [0.29, 0.717) is 0 Å². The van der Waals surface area contributed by atoms with Gasteiger partial charge in [-0.2, -0.15) is 0 Å². The fourth-order valence-electron chi connectivity index (χ4n) is 0.664. The Bertz CT molecular complexity index is 477. The predicted molar refractivity (Wildman–Crippen MR) is 64.9 cm³/mol. The molecular weight excluding hydrogens is 288 g/mol. The van der Waals surface area contributed by atoms with Crippen LogP contribution in [0.1, 0.15) is 13.8 Å². The number of aliphatic hydroxyl groups excluding tert-OH is 1. The van der Waals surface area contributed by atoms with Crippen molar-refractivity contribution in [2.75, 3.05) is 6.61 Å². The molecule has 0 amide bonds. The van der Waals surface area contributed by atoms with Crippen molar-refractivity contribution < 1.29 is 43.5 Å². The molecule has 0 aliphatic rings. The molecule has 1 N–H and O–H groups in total. The van der Waals surface area contributed by atoms with Crippen molar-refractivity contribution in [2.45, 2.75) is 20.1 Å². The molecule has 1 unspecified atom stereocenters. The molecule has 0 aromatic rings. The van der Waals surface area contributed by atoms with Crippen LogP contribution in [0.4, 0.5) is 0 Å². The molecule has 0 bridgehead atoms. The number of aliphatic hydroxyl groups is 1. The molecular formula is C12H14O9. The molecule has 0 rings (SSSR count). The van der Waals surface area contributed by atoms with Crippen LogP contribution in [0.2, 0.25) is 0 Å². The number of hydrogen-bond acceptors (Lipinski definition) is 9. The van der Waals surface area contributed by atoms with Crippen molar-refractivity contribution in [1.82, 2.24) is 0 Å². The van der Waals surface area contributed by atoms with Gasteiger partial charge in [-0.05, 0) is 13.8 Å². The maximum absolute atomic E-state index is 11.5. The lowest BCUT2D eigenvalue weighted by molar-refractivity contribution is -0.273. The SMILES string of the molecule is C=C(C)C(=O)OOC(=O)C(OC(=O)CO)OC(=O)C(=C)C. The van der Waals surface area contributed by atoms with Gasteiger partial charge in [0, 0.05) is 11.1 Å². The third kappa shape index (κ3) is 6.87. The van der Waals surface area contributed by atoms with E-state index in [4.69, 9.17) is 5.11 Å². The summed E-state index contributed by atoms with van der Waals surface area (Å²) in [5, 5.41) is 8.52. The highest BCUT2D eigenvalue weighted by atomic mass is 17.2. The predicted octanol–water partition coefficient (Wildman–Crippen LogP) is -0.455. The molecule has 0 radical (unpaired) electrons. The zero-order valence-electron chi connectivity index (χ0n) is 11.4. The minimum atomic E-state index is -2.16. The van der Waals surface area contributed by atoms with E-state index >= 15 is 0 Å². The number of ether oxygens (including phenoxy) is 2. The molecule has 0 heterocycles. The van der Waals surface area contributed by atoms with Crippen LogP contribution in [0.15, 0.2) is 24.3 Å². The Morgan fingerprint density at radius 3 is 1.90 bits per heavy atom. The molecule has 0 aliphatic heterocycles. The quantitative estimate of drug-likeness (QED) is 0.228. The second-order valence-corrected chi connectivity index (χ2v) is 3.72. The highest BCUT2D eigenvalue weighted by Gasteiger charge is 2.31. The van der Waals surface area contributed by atoms with Gasteiger partial charge >= 0.3 is 30.2 Å². The van der Waals surface area contributed by atoms with E-state index in [1.807, 2.05) is 0 Å². The zero-order chi connectivity index (χ0) is 16.6. The van der Waals surface area contributed by atoms with Gasteiger partial charge in [0.15, 0.2) is 0 Å². The first kappa shape index (κ1) is 18.3. The smallest absolute Gasteiger partial charge is 0.412 e. The number of carbonyl (C=O) groups excluding carboxylic acids is 4. The standard InChI is InChI=1S/C12H14O9/c1-6(2)9(15)19-12(18-8(14)5-13)11(17)21-20-10(16)7(3)4/h12-13H,1,3,5H2,2,4H3. The lowest BCUT2D eigenvalue weighted by atomic mass is 10.4. The number of rotatable bonds is 6. The van der Waals surface area contributed by atoms with Gasteiger partial charge in [-0.15, -0.1) is 0 Å². The van der Waals surface area contributed by atoms with Crippen molar-refractivity contribution in [2.24, 2.45) is 0 Å².